The fraction of sp³-hybridized carbons (Fsp3) is 0.190. The van der Waals surface area contributed by atoms with E-state index in [9.17, 15) is 4.79 Å². The van der Waals surface area contributed by atoms with Gasteiger partial charge in [-0.1, -0.05) is 41.9 Å². The summed E-state index contributed by atoms with van der Waals surface area (Å²) in [6.45, 7) is 4.65. The van der Waals surface area contributed by atoms with Gasteiger partial charge in [-0.15, -0.1) is 0 Å². The van der Waals surface area contributed by atoms with Gasteiger partial charge >= 0.3 is 0 Å². The first-order chi connectivity index (χ1) is 12.6. The highest BCUT2D eigenvalue weighted by atomic mass is 35.5. The van der Waals surface area contributed by atoms with Crippen molar-refractivity contribution in [2.24, 2.45) is 0 Å². The summed E-state index contributed by atoms with van der Waals surface area (Å²) in [4.78, 5) is 12.7. The molecule has 0 atom stereocenters. The third kappa shape index (κ3) is 3.92. The predicted molar refractivity (Wildman–Crippen MR) is 106 cm³/mol. The van der Waals surface area contributed by atoms with Crippen LogP contribution in [0.4, 0.5) is 5.69 Å². The highest BCUT2D eigenvalue weighted by Gasteiger charge is 2.16. The topological polar surface area (TPSA) is 47.6 Å². The zero-order valence-corrected chi connectivity index (χ0v) is 15.5. The molecule has 0 aliphatic heterocycles. The molecule has 0 spiro atoms. The highest BCUT2D eigenvalue weighted by Crippen LogP contribution is 2.37. The predicted octanol–water partition coefficient (Wildman–Crippen LogP) is 5.54. The van der Waals surface area contributed by atoms with Crippen LogP contribution in [0.3, 0.4) is 0 Å². The minimum Gasteiger partial charge on any atom is -0.490 e. The van der Waals surface area contributed by atoms with E-state index >= 15 is 0 Å². The zero-order valence-electron chi connectivity index (χ0n) is 14.7. The Balaban J connectivity index is 1.88. The molecular formula is C21H20ClNO3. The molecule has 0 saturated carbocycles. The molecule has 0 unspecified atom stereocenters. The number of nitrogens with one attached hydrogen (secondary N) is 1. The Morgan fingerprint density at radius 3 is 2.42 bits per heavy atom. The van der Waals surface area contributed by atoms with Gasteiger partial charge in [-0.3, -0.25) is 4.79 Å². The van der Waals surface area contributed by atoms with Crippen molar-refractivity contribution in [3.05, 3.63) is 65.2 Å². The fourth-order valence-corrected chi connectivity index (χ4v) is 2.98. The molecule has 0 aliphatic carbocycles. The van der Waals surface area contributed by atoms with Crippen LogP contribution in [0.15, 0.2) is 54.6 Å². The normalized spacial score (nSPS) is 10.6. The third-order valence-electron chi connectivity index (χ3n) is 3.87. The molecule has 0 fully saturated rings. The summed E-state index contributed by atoms with van der Waals surface area (Å²) in [6.07, 6.45) is 0. The largest absolute Gasteiger partial charge is 0.490 e. The summed E-state index contributed by atoms with van der Waals surface area (Å²) in [6, 6.07) is 17.0. The monoisotopic (exact) mass is 369 g/mol. The van der Waals surface area contributed by atoms with E-state index in [1.165, 1.54) is 0 Å². The van der Waals surface area contributed by atoms with Gasteiger partial charge in [0.25, 0.3) is 5.91 Å². The Morgan fingerprint density at radius 1 is 0.962 bits per heavy atom. The molecule has 3 aromatic rings. The lowest BCUT2D eigenvalue weighted by atomic mass is 10.1. The van der Waals surface area contributed by atoms with Crippen molar-refractivity contribution in [3.8, 4) is 11.5 Å². The van der Waals surface area contributed by atoms with Crippen LogP contribution in [0.1, 0.15) is 24.2 Å². The van der Waals surface area contributed by atoms with Crippen molar-refractivity contribution in [1.82, 2.24) is 0 Å². The van der Waals surface area contributed by atoms with E-state index in [0.29, 0.717) is 35.3 Å². The number of amides is 1. The number of rotatable bonds is 6. The zero-order chi connectivity index (χ0) is 18.5. The third-order valence-corrected chi connectivity index (χ3v) is 4.15. The molecule has 0 radical (unpaired) electrons. The number of halogens is 1. The molecule has 0 aliphatic rings. The lowest BCUT2D eigenvalue weighted by molar-refractivity contribution is 0.102. The standard InChI is InChI=1S/C21H20ClNO3/c1-3-25-19-13-16(12-18(22)20(19)26-4-2)21(24)23-17-10-9-14-7-5-6-8-15(14)11-17/h5-13H,3-4H2,1-2H3,(H,23,24). The molecule has 0 heterocycles. The average Bonchev–Trinajstić information content (AvgIpc) is 2.64. The first-order valence-electron chi connectivity index (χ1n) is 8.51. The minimum absolute atomic E-state index is 0.258. The molecule has 1 amide bonds. The lowest BCUT2D eigenvalue weighted by Crippen LogP contribution is -2.12. The van der Waals surface area contributed by atoms with E-state index in [-0.39, 0.29) is 5.91 Å². The molecule has 0 aromatic heterocycles. The van der Waals surface area contributed by atoms with Crippen molar-refractivity contribution in [2.45, 2.75) is 13.8 Å². The summed E-state index contributed by atoms with van der Waals surface area (Å²) < 4.78 is 11.1. The van der Waals surface area contributed by atoms with Gasteiger partial charge in [0.2, 0.25) is 0 Å². The number of anilines is 1. The Bertz CT molecular complexity index is 940. The van der Waals surface area contributed by atoms with Crippen LogP contribution in [-0.4, -0.2) is 19.1 Å². The van der Waals surface area contributed by atoms with E-state index in [1.54, 1.807) is 12.1 Å². The number of carbonyl (C=O) groups is 1. The van der Waals surface area contributed by atoms with Crippen molar-refractivity contribution in [1.29, 1.82) is 0 Å². The molecule has 3 aromatic carbocycles. The van der Waals surface area contributed by atoms with Crippen LogP contribution in [0.2, 0.25) is 5.02 Å². The van der Waals surface area contributed by atoms with Gasteiger partial charge in [0, 0.05) is 11.3 Å². The molecule has 1 N–H and O–H groups in total. The van der Waals surface area contributed by atoms with Crippen molar-refractivity contribution in [3.63, 3.8) is 0 Å². The van der Waals surface area contributed by atoms with Crippen LogP contribution in [0.25, 0.3) is 10.8 Å². The molecule has 26 heavy (non-hydrogen) atoms. The lowest BCUT2D eigenvalue weighted by Gasteiger charge is -2.14. The number of benzene rings is 3. The Morgan fingerprint density at radius 2 is 1.69 bits per heavy atom. The molecule has 4 nitrogen and oxygen atoms in total. The van der Waals surface area contributed by atoms with E-state index < -0.39 is 0 Å². The SMILES string of the molecule is CCOc1cc(C(=O)Nc2ccc3ccccc3c2)cc(Cl)c1OCC. The van der Waals surface area contributed by atoms with Crippen LogP contribution < -0.4 is 14.8 Å². The van der Waals surface area contributed by atoms with Crippen molar-refractivity contribution in [2.75, 3.05) is 18.5 Å². The van der Waals surface area contributed by atoms with Crippen LogP contribution in [0.5, 0.6) is 11.5 Å². The quantitative estimate of drug-likeness (QED) is 0.620. The first kappa shape index (κ1) is 18.1. The number of hydrogen-bond acceptors (Lipinski definition) is 3. The summed E-state index contributed by atoms with van der Waals surface area (Å²) in [5.74, 6) is 0.662. The second kappa shape index (κ2) is 8.11. The van der Waals surface area contributed by atoms with Gasteiger partial charge in [-0.25, -0.2) is 0 Å². The summed E-state index contributed by atoms with van der Waals surface area (Å²) in [7, 11) is 0. The maximum absolute atomic E-state index is 12.7. The molecule has 3 rings (SSSR count). The van der Waals surface area contributed by atoms with Crippen molar-refractivity contribution < 1.29 is 14.3 Å². The van der Waals surface area contributed by atoms with E-state index in [4.69, 9.17) is 21.1 Å². The van der Waals surface area contributed by atoms with Crippen LogP contribution in [-0.2, 0) is 0 Å². The van der Waals surface area contributed by atoms with E-state index in [0.717, 1.165) is 16.5 Å². The number of carbonyl (C=O) groups excluding carboxylic acids is 1. The minimum atomic E-state index is -0.258. The van der Waals surface area contributed by atoms with Gasteiger partial charge in [0.1, 0.15) is 0 Å². The van der Waals surface area contributed by atoms with Crippen molar-refractivity contribution >= 4 is 34.0 Å². The van der Waals surface area contributed by atoms with Gasteiger partial charge in [0.15, 0.2) is 11.5 Å². The molecule has 134 valence electrons. The Kier molecular flexibility index (Phi) is 5.64. The van der Waals surface area contributed by atoms with E-state index in [2.05, 4.69) is 5.32 Å². The average molecular weight is 370 g/mol. The maximum atomic E-state index is 12.7. The first-order valence-corrected chi connectivity index (χ1v) is 8.89. The Labute approximate surface area is 157 Å². The summed E-state index contributed by atoms with van der Waals surface area (Å²) >= 11 is 6.29. The number of hydrogen-bond donors (Lipinski definition) is 1. The second-order valence-corrected chi connectivity index (χ2v) is 6.07. The maximum Gasteiger partial charge on any atom is 0.255 e. The van der Waals surface area contributed by atoms with Gasteiger partial charge in [-0.2, -0.15) is 0 Å². The number of fused-ring (bicyclic) bond motifs is 1. The summed E-state index contributed by atoms with van der Waals surface area (Å²) in [5.41, 5.74) is 1.13. The van der Waals surface area contributed by atoms with Gasteiger partial charge < -0.3 is 14.8 Å². The highest BCUT2D eigenvalue weighted by molar-refractivity contribution is 6.32. The van der Waals surface area contributed by atoms with Gasteiger partial charge in [0.05, 0.1) is 18.2 Å². The smallest absolute Gasteiger partial charge is 0.255 e. The fourth-order valence-electron chi connectivity index (χ4n) is 2.72. The molecular weight excluding hydrogens is 350 g/mol. The molecule has 0 saturated heterocycles. The van der Waals surface area contributed by atoms with Crippen LogP contribution >= 0.6 is 11.6 Å². The number of ether oxygens (including phenoxy) is 2. The van der Waals surface area contributed by atoms with Gasteiger partial charge in [-0.05, 0) is 48.9 Å². The summed E-state index contributed by atoms with van der Waals surface area (Å²) in [5, 5.41) is 5.43. The van der Waals surface area contributed by atoms with Crippen LogP contribution in [0, 0.1) is 0 Å². The molecule has 0 bridgehead atoms. The second-order valence-electron chi connectivity index (χ2n) is 5.67. The van der Waals surface area contributed by atoms with E-state index in [1.807, 2.05) is 56.3 Å². The molecule has 5 heteroatoms. The Hall–Kier alpha value is -2.72.